The van der Waals surface area contributed by atoms with Crippen LogP contribution in [0.1, 0.15) is 24.0 Å². The summed E-state index contributed by atoms with van der Waals surface area (Å²) in [6.45, 7) is 0.342. The molecular formula is C13H11F3O4. The lowest BCUT2D eigenvalue weighted by atomic mass is 9.89. The normalized spacial score (nSPS) is 19.6. The Morgan fingerprint density at radius 2 is 1.85 bits per heavy atom. The zero-order chi connectivity index (χ0) is 14.5. The predicted molar refractivity (Wildman–Crippen MR) is 61.0 cm³/mol. The first-order chi connectivity index (χ1) is 9.36. The predicted octanol–water partition coefficient (Wildman–Crippen LogP) is 2.59. The van der Waals surface area contributed by atoms with E-state index in [1.165, 1.54) is 6.07 Å². The van der Waals surface area contributed by atoms with Crippen molar-refractivity contribution in [1.29, 1.82) is 0 Å². The molecule has 1 fully saturated rings. The summed E-state index contributed by atoms with van der Waals surface area (Å²) in [6.07, 6.45) is -4.29. The van der Waals surface area contributed by atoms with Crippen molar-refractivity contribution in [3.8, 4) is 11.5 Å². The molecule has 0 aromatic heterocycles. The van der Waals surface area contributed by atoms with Crippen LogP contribution >= 0.6 is 0 Å². The number of halogens is 3. The summed E-state index contributed by atoms with van der Waals surface area (Å²) in [6, 6.07) is 2.05. The van der Waals surface area contributed by atoms with Crippen LogP contribution in [0.25, 0.3) is 0 Å². The Hall–Kier alpha value is -1.92. The molecule has 0 atom stereocenters. The highest BCUT2D eigenvalue weighted by Gasteiger charge is 2.57. The lowest BCUT2D eigenvalue weighted by Gasteiger charge is -2.26. The van der Waals surface area contributed by atoms with Crippen LogP contribution < -0.4 is 9.47 Å². The summed E-state index contributed by atoms with van der Waals surface area (Å²) >= 11 is 0. The van der Waals surface area contributed by atoms with Gasteiger partial charge in [-0.3, -0.25) is 4.79 Å². The molecule has 1 aromatic carbocycles. The largest absolute Gasteiger partial charge is 0.486 e. The minimum Gasteiger partial charge on any atom is -0.486 e. The second-order valence-corrected chi connectivity index (χ2v) is 4.90. The maximum Gasteiger partial charge on any atom is 0.416 e. The smallest absolute Gasteiger partial charge is 0.416 e. The standard InChI is InChI=1S/C13H11F3O4/c14-13(15,16)7-1-2-8-10(20-6-5-19-8)9(7)12(3-4-12)11(17)18/h1-2H,3-6H2,(H,17,18). The Kier molecular flexibility index (Phi) is 2.64. The topological polar surface area (TPSA) is 55.8 Å². The fraction of sp³-hybridized carbons (Fsp3) is 0.462. The fourth-order valence-electron chi connectivity index (χ4n) is 2.52. The van der Waals surface area contributed by atoms with E-state index in [2.05, 4.69) is 0 Å². The summed E-state index contributed by atoms with van der Waals surface area (Å²) in [5, 5.41) is 9.29. The van der Waals surface area contributed by atoms with Crippen molar-refractivity contribution in [2.24, 2.45) is 0 Å². The minimum absolute atomic E-state index is 0.0778. The van der Waals surface area contributed by atoms with Gasteiger partial charge >= 0.3 is 12.1 Å². The van der Waals surface area contributed by atoms with Gasteiger partial charge in [-0.2, -0.15) is 13.2 Å². The van der Waals surface area contributed by atoms with Gasteiger partial charge in [0.05, 0.1) is 11.0 Å². The average Bonchev–Trinajstić information content (AvgIpc) is 3.17. The molecule has 2 aliphatic rings. The third kappa shape index (κ3) is 1.80. The van der Waals surface area contributed by atoms with E-state index in [9.17, 15) is 23.1 Å². The van der Waals surface area contributed by atoms with Crippen molar-refractivity contribution in [2.75, 3.05) is 13.2 Å². The zero-order valence-corrected chi connectivity index (χ0v) is 10.3. The van der Waals surface area contributed by atoms with Gasteiger partial charge in [-0.25, -0.2) is 0 Å². The van der Waals surface area contributed by atoms with E-state index < -0.39 is 23.1 Å². The van der Waals surface area contributed by atoms with Crippen LogP contribution in [0.5, 0.6) is 11.5 Å². The first-order valence-electron chi connectivity index (χ1n) is 6.10. The Bertz CT molecular complexity index is 576. The Morgan fingerprint density at radius 1 is 1.20 bits per heavy atom. The van der Waals surface area contributed by atoms with E-state index in [-0.39, 0.29) is 43.1 Å². The van der Waals surface area contributed by atoms with Crippen molar-refractivity contribution in [2.45, 2.75) is 24.4 Å². The zero-order valence-electron chi connectivity index (χ0n) is 10.3. The van der Waals surface area contributed by atoms with Crippen LogP contribution in [0, 0.1) is 0 Å². The van der Waals surface area contributed by atoms with Gasteiger partial charge in [-0.15, -0.1) is 0 Å². The molecule has 4 nitrogen and oxygen atoms in total. The van der Waals surface area contributed by atoms with E-state index >= 15 is 0 Å². The van der Waals surface area contributed by atoms with Crippen LogP contribution in [0.15, 0.2) is 12.1 Å². The number of fused-ring (bicyclic) bond motifs is 1. The Labute approximate surface area is 112 Å². The summed E-state index contributed by atoms with van der Waals surface area (Å²) in [4.78, 5) is 11.4. The van der Waals surface area contributed by atoms with E-state index in [4.69, 9.17) is 9.47 Å². The molecule has 7 heteroatoms. The van der Waals surface area contributed by atoms with Gasteiger partial charge in [0.2, 0.25) is 0 Å². The number of ether oxygens (including phenoxy) is 2. The van der Waals surface area contributed by atoms with Crippen molar-refractivity contribution in [3.63, 3.8) is 0 Å². The highest BCUT2D eigenvalue weighted by atomic mass is 19.4. The summed E-state index contributed by atoms with van der Waals surface area (Å²) in [7, 11) is 0. The lowest BCUT2D eigenvalue weighted by Crippen LogP contribution is -2.27. The number of alkyl halides is 3. The van der Waals surface area contributed by atoms with Gasteiger partial charge in [0.25, 0.3) is 0 Å². The highest BCUT2D eigenvalue weighted by Crippen LogP contribution is 2.57. The van der Waals surface area contributed by atoms with Gasteiger partial charge in [-0.1, -0.05) is 0 Å². The molecule has 0 saturated heterocycles. The second kappa shape index (κ2) is 4.04. The molecule has 0 bridgehead atoms. The number of aliphatic carboxylic acids is 1. The third-order valence-electron chi connectivity index (χ3n) is 3.65. The molecule has 0 amide bonds. The molecule has 0 spiro atoms. The summed E-state index contributed by atoms with van der Waals surface area (Å²) in [5.74, 6) is -1.16. The third-order valence-corrected chi connectivity index (χ3v) is 3.65. The number of carboxylic acid groups (broad SMARTS) is 1. The number of benzene rings is 1. The van der Waals surface area contributed by atoms with Crippen LogP contribution in [0.3, 0.4) is 0 Å². The summed E-state index contributed by atoms with van der Waals surface area (Å²) in [5.41, 5.74) is -2.76. The summed E-state index contributed by atoms with van der Waals surface area (Å²) < 4.78 is 50.0. The van der Waals surface area contributed by atoms with Gasteiger partial charge in [0.15, 0.2) is 11.5 Å². The average molecular weight is 288 g/mol. The highest BCUT2D eigenvalue weighted by molar-refractivity contribution is 5.87. The van der Waals surface area contributed by atoms with Crippen molar-refractivity contribution in [1.82, 2.24) is 0 Å². The quantitative estimate of drug-likeness (QED) is 0.908. The molecule has 1 aromatic rings. The molecular weight excluding hydrogens is 277 g/mol. The molecule has 108 valence electrons. The number of hydrogen-bond donors (Lipinski definition) is 1. The molecule has 0 radical (unpaired) electrons. The molecule has 1 saturated carbocycles. The molecule has 1 N–H and O–H groups in total. The van der Waals surface area contributed by atoms with Gasteiger partial charge in [0.1, 0.15) is 13.2 Å². The van der Waals surface area contributed by atoms with E-state index in [0.29, 0.717) is 0 Å². The van der Waals surface area contributed by atoms with Crippen LogP contribution in [-0.4, -0.2) is 24.3 Å². The Morgan fingerprint density at radius 3 is 2.40 bits per heavy atom. The number of rotatable bonds is 2. The van der Waals surface area contributed by atoms with E-state index in [1.54, 1.807) is 0 Å². The number of carbonyl (C=O) groups is 1. The van der Waals surface area contributed by atoms with Crippen LogP contribution in [0.2, 0.25) is 0 Å². The number of hydrogen-bond acceptors (Lipinski definition) is 3. The Balaban J connectivity index is 2.26. The lowest BCUT2D eigenvalue weighted by molar-refractivity contribution is -0.142. The monoisotopic (exact) mass is 288 g/mol. The van der Waals surface area contributed by atoms with Gasteiger partial charge in [-0.05, 0) is 25.0 Å². The molecule has 0 unspecified atom stereocenters. The van der Waals surface area contributed by atoms with Gasteiger partial charge in [0, 0.05) is 5.56 Å². The molecule has 20 heavy (non-hydrogen) atoms. The molecule has 1 heterocycles. The molecule has 3 rings (SSSR count). The van der Waals surface area contributed by atoms with Crippen molar-refractivity contribution >= 4 is 5.97 Å². The maximum atomic E-state index is 13.2. The van der Waals surface area contributed by atoms with E-state index in [1.807, 2.05) is 0 Å². The first kappa shape index (κ1) is 13.1. The van der Waals surface area contributed by atoms with E-state index in [0.717, 1.165) is 6.07 Å². The second-order valence-electron chi connectivity index (χ2n) is 4.90. The van der Waals surface area contributed by atoms with Crippen LogP contribution in [0.4, 0.5) is 13.2 Å². The molecule has 1 aliphatic heterocycles. The van der Waals surface area contributed by atoms with Crippen LogP contribution in [-0.2, 0) is 16.4 Å². The maximum absolute atomic E-state index is 13.2. The van der Waals surface area contributed by atoms with Crippen molar-refractivity contribution in [3.05, 3.63) is 23.3 Å². The fourth-order valence-corrected chi connectivity index (χ4v) is 2.52. The van der Waals surface area contributed by atoms with Crippen molar-refractivity contribution < 1.29 is 32.5 Å². The SMILES string of the molecule is O=C(O)C1(c2c(C(F)(F)F)ccc3c2OCCO3)CC1. The minimum atomic E-state index is -4.63. The van der Waals surface area contributed by atoms with Gasteiger partial charge < -0.3 is 14.6 Å². The number of carboxylic acids is 1. The molecule has 1 aliphatic carbocycles. The first-order valence-corrected chi connectivity index (χ1v) is 6.10.